The third kappa shape index (κ3) is 3.62. The fraction of sp³-hybridized carbons (Fsp3) is 0.714. The Kier molecular flexibility index (Phi) is 4.96. The molecule has 1 N–H and O–H groups in total. The Bertz CT molecular complexity index is 889. The van der Waals surface area contributed by atoms with Gasteiger partial charge in [0.25, 0.3) is 10.0 Å². The number of amidine groups is 1. The van der Waals surface area contributed by atoms with Gasteiger partial charge in [-0.2, -0.15) is 9.57 Å². The minimum atomic E-state index is -3.40. The van der Waals surface area contributed by atoms with Gasteiger partial charge in [0.1, 0.15) is 10.0 Å². The van der Waals surface area contributed by atoms with E-state index in [0.717, 1.165) is 23.6 Å². The second-order valence-corrected chi connectivity index (χ2v) is 12.6. The number of sulfonamides is 1. The van der Waals surface area contributed by atoms with Crippen molar-refractivity contribution in [1.29, 1.82) is 5.26 Å². The van der Waals surface area contributed by atoms with Crippen LogP contribution in [0.15, 0.2) is 26.7 Å². The van der Waals surface area contributed by atoms with E-state index in [1.54, 1.807) is 21.8 Å². The summed E-state index contributed by atoms with van der Waals surface area (Å²) in [5.74, 6) is 3.38. The highest BCUT2D eigenvalue weighted by atomic mass is 32.2. The van der Waals surface area contributed by atoms with Crippen molar-refractivity contribution in [2.45, 2.75) is 61.1 Å². The van der Waals surface area contributed by atoms with E-state index in [0.29, 0.717) is 30.1 Å². The molecule has 1 aromatic heterocycles. The number of aliphatic imine (C=N–C) groups is 1. The summed E-state index contributed by atoms with van der Waals surface area (Å²) in [5, 5.41) is 14.0. The molecule has 0 aromatic carbocycles. The zero-order valence-corrected chi connectivity index (χ0v) is 18.2. The van der Waals surface area contributed by atoms with E-state index < -0.39 is 10.0 Å². The van der Waals surface area contributed by atoms with Gasteiger partial charge in [-0.05, 0) is 80.6 Å². The number of hydrogen-bond acceptors (Lipinski definition) is 5. The molecule has 0 atom stereocenters. The Morgan fingerprint density at radius 1 is 1.17 bits per heavy atom. The number of rotatable bonds is 4. The van der Waals surface area contributed by atoms with E-state index in [-0.39, 0.29) is 11.5 Å². The van der Waals surface area contributed by atoms with Crippen molar-refractivity contribution in [3.05, 3.63) is 17.5 Å². The summed E-state index contributed by atoms with van der Waals surface area (Å²) >= 11 is 1.27. The van der Waals surface area contributed by atoms with Crippen LogP contribution in [0, 0.1) is 35.1 Å². The normalized spacial score (nSPS) is 35.6. The summed E-state index contributed by atoms with van der Waals surface area (Å²) in [6.45, 7) is 0.968. The van der Waals surface area contributed by atoms with Crippen LogP contribution in [0.2, 0.25) is 0 Å². The second kappa shape index (κ2) is 7.36. The first kappa shape index (κ1) is 19.5. The monoisotopic (exact) mass is 432 g/mol. The van der Waals surface area contributed by atoms with Gasteiger partial charge in [-0.15, -0.1) is 11.3 Å². The van der Waals surface area contributed by atoms with Gasteiger partial charge >= 0.3 is 0 Å². The molecule has 4 saturated carbocycles. The maximum Gasteiger partial charge on any atom is 0.252 e. The molecule has 0 amide bonds. The first-order chi connectivity index (χ1) is 14.0. The summed E-state index contributed by atoms with van der Waals surface area (Å²) in [7, 11) is -3.40. The molecule has 1 saturated heterocycles. The molecule has 1 aliphatic heterocycles. The van der Waals surface area contributed by atoms with E-state index in [4.69, 9.17) is 4.99 Å². The number of hydrogen-bond donors (Lipinski definition) is 1. The molecule has 29 heavy (non-hydrogen) atoms. The highest BCUT2D eigenvalue weighted by Crippen LogP contribution is 2.57. The Morgan fingerprint density at radius 3 is 2.31 bits per heavy atom. The summed E-state index contributed by atoms with van der Waals surface area (Å²) < 4.78 is 27.6. The van der Waals surface area contributed by atoms with Crippen molar-refractivity contribution in [1.82, 2.24) is 9.62 Å². The summed E-state index contributed by atoms with van der Waals surface area (Å²) in [6.07, 6.45) is 11.1. The third-order valence-corrected chi connectivity index (χ3v) is 10.7. The molecule has 1 aromatic rings. The van der Waals surface area contributed by atoms with Crippen molar-refractivity contribution in [3.63, 3.8) is 0 Å². The lowest BCUT2D eigenvalue weighted by Gasteiger charge is -2.55. The average Bonchev–Trinajstić information content (AvgIpc) is 3.22. The standard InChI is InChI=1S/C21H28N4O2S2/c22-14-23-20(24-21-11-15-8-16(12-21)10-17(9-15)13-21)18-3-5-25(6-4-18)29(26,27)19-2-1-7-28-19/h1-2,7,15-18H,3-6,8-13H2,(H,23,24). The molecule has 2 heterocycles. The van der Waals surface area contributed by atoms with Gasteiger partial charge in [-0.3, -0.25) is 10.3 Å². The molecule has 156 valence electrons. The number of nitriles is 1. The van der Waals surface area contributed by atoms with Gasteiger partial charge in [0.05, 0.1) is 5.54 Å². The second-order valence-electron chi connectivity index (χ2n) is 9.49. The van der Waals surface area contributed by atoms with Crippen molar-refractivity contribution in [2.24, 2.45) is 28.7 Å². The predicted molar refractivity (Wildman–Crippen MR) is 113 cm³/mol. The van der Waals surface area contributed by atoms with Crippen LogP contribution < -0.4 is 5.32 Å². The lowest BCUT2D eigenvalue weighted by Crippen LogP contribution is -2.51. The van der Waals surface area contributed by atoms with Gasteiger partial charge in [-0.1, -0.05) is 6.07 Å². The molecular formula is C21H28N4O2S2. The van der Waals surface area contributed by atoms with E-state index in [9.17, 15) is 13.7 Å². The number of nitrogens with zero attached hydrogens (tertiary/aromatic N) is 3. The van der Waals surface area contributed by atoms with E-state index in [1.165, 1.54) is 49.9 Å². The van der Waals surface area contributed by atoms with Crippen molar-refractivity contribution in [2.75, 3.05) is 13.1 Å². The van der Waals surface area contributed by atoms with Crippen molar-refractivity contribution >= 4 is 27.2 Å². The fourth-order valence-corrected chi connectivity index (χ4v) is 9.26. The number of piperidine rings is 1. The highest BCUT2D eigenvalue weighted by molar-refractivity contribution is 7.91. The van der Waals surface area contributed by atoms with Crippen molar-refractivity contribution < 1.29 is 8.42 Å². The molecule has 0 spiro atoms. The minimum absolute atomic E-state index is 0.0219. The van der Waals surface area contributed by atoms with Gasteiger partial charge in [0.2, 0.25) is 0 Å². The molecule has 0 unspecified atom stereocenters. The van der Waals surface area contributed by atoms with E-state index >= 15 is 0 Å². The van der Waals surface area contributed by atoms with Crippen LogP contribution >= 0.6 is 11.3 Å². The first-order valence-corrected chi connectivity index (χ1v) is 13.1. The van der Waals surface area contributed by atoms with Crippen LogP contribution in [0.4, 0.5) is 0 Å². The Labute approximate surface area is 177 Å². The lowest BCUT2D eigenvalue weighted by molar-refractivity contribution is 0.00125. The predicted octanol–water partition coefficient (Wildman–Crippen LogP) is 3.59. The average molecular weight is 433 g/mol. The minimum Gasteiger partial charge on any atom is -0.280 e. The summed E-state index contributed by atoms with van der Waals surface area (Å²) in [6, 6.07) is 3.45. The van der Waals surface area contributed by atoms with Gasteiger partial charge in [-0.25, -0.2) is 8.42 Å². The Hall–Kier alpha value is -1.43. The quantitative estimate of drug-likeness (QED) is 0.341. The van der Waals surface area contributed by atoms with Crippen LogP contribution in [0.5, 0.6) is 0 Å². The van der Waals surface area contributed by atoms with Crippen LogP contribution in [-0.4, -0.2) is 37.2 Å². The zero-order chi connectivity index (χ0) is 20.1. The maximum absolute atomic E-state index is 12.8. The van der Waals surface area contributed by atoms with Crippen molar-refractivity contribution in [3.8, 4) is 6.19 Å². The maximum atomic E-state index is 12.8. The summed E-state index contributed by atoms with van der Waals surface area (Å²) in [5.41, 5.74) is 0.0219. The molecule has 5 fully saturated rings. The lowest BCUT2D eigenvalue weighted by atomic mass is 9.53. The number of nitrogens with one attached hydrogen (secondary N) is 1. The topological polar surface area (TPSA) is 85.6 Å². The van der Waals surface area contributed by atoms with Gasteiger partial charge in [0.15, 0.2) is 6.19 Å². The third-order valence-electron chi connectivity index (χ3n) is 7.48. The molecule has 0 radical (unpaired) electrons. The first-order valence-electron chi connectivity index (χ1n) is 10.8. The Balaban J connectivity index is 1.32. The van der Waals surface area contributed by atoms with Crippen LogP contribution in [0.25, 0.3) is 0 Å². The molecule has 4 aliphatic carbocycles. The largest absolute Gasteiger partial charge is 0.280 e. The zero-order valence-electron chi connectivity index (χ0n) is 16.6. The molecule has 8 heteroatoms. The van der Waals surface area contributed by atoms with Crippen LogP contribution in [0.3, 0.4) is 0 Å². The van der Waals surface area contributed by atoms with Crippen LogP contribution in [0.1, 0.15) is 51.4 Å². The number of thiophene rings is 1. The molecular weight excluding hydrogens is 404 g/mol. The highest BCUT2D eigenvalue weighted by Gasteiger charge is 2.51. The SMILES string of the molecule is N#CNC(=NC12CC3CC(CC(C3)C1)C2)C1CCN(S(=O)(=O)c2cccs2)CC1. The molecule has 5 aliphatic rings. The molecule has 6 rings (SSSR count). The van der Waals surface area contributed by atoms with E-state index in [1.807, 2.05) is 0 Å². The van der Waals surface area contributed by atoms with Gasteiger partial charge in [0, 0.05) is 19.0 Å². The van der Waals surface area contributed by atoms with Gasteiger partial charge < -0.3 is 0 Å². The molecule has 6 nitrogen and oxygen atoms in total. The van der Waals surface area contributed by atoms with Crippen LogP contribution in [-0.2, 0) is 10.0 Å². The van der Waals surface area contributed by atoms with E-state index in [2.05, 4.69) is 11.5 Å². The fourth-order valence-electron chi connectivity index (χ4n) is 6.64. The summed E-state index contributed by atoms with van der Waals surface area (Å²) in [4.78, 5) is 5.24. The Morgan fingerprint density at radius 2 is 1.79 bits per heavy atom. The molecule has 4 bridgehead atoms. The smallest absolute Gasteiger partial charge is 0.252 e.